The Morgan fingerprint density at radius 2 is 1.94 bits per heavy atom. The van der Waals surface area contributed by atoms with Crippen LogP contribution in [0.15, 0.2) is 12.1 Å². The van der Waals surface area contributed by atoms with Crippen molar-refractivity contribution < 1.29 is 9.53 Å². The van der Waals surface area contributed by atoms with Crippen LogP contribution in [0.4, 0.5) is 0 Å². The predicted molar refractivity (Wildman–Crippen MR) is 71.4 cm³/mol. The van der Waals surface area contributed by atoms with Crippen molar-refractivity contribution >= 4 is 29.0 Å². The molecule has 1 aromatic rings. The molecule has 1 unspecified atom stereocenters. The number of halogens is 2. The Bertz CT molecular complexity index is 416. The molecule has 0 heterocycles. The maximum Gasteiger partial charge on any atom is 0.167 e. The van der Waals surface area contributed by atoms with Gasteiger partial charge in [0.2, 0.25) is 0 Å². The molecule has 0 aliphatic rings. The first kappa shape index (κ1) is 14.3. The zero-order valence-corrected chi connectivity index (χ0v) is 11.7. The maximum atomic E-state index is 12.0. The van der Waals surface area contributed by atoms with E-state index in [9.17, 15) is 4.79 Å². The Labute approximate surface area is 112 Å². The fraction of sp³-hybridized carbons (Fsp3) is 0.462. The van der Waals surface area contributed by atoms with E-state index in [4.69, 9.17) is 27.9 Å². The lowest BCUT2D eigenvalue weighted by molar-refractivity contribution is 0.0927. The van der Waals surface area contributed by atoms with Gasteiger partial charge in [-0.2, -0.15) is 0 Å². The second-order valence-corrected chi connectivity index (χ2v) is 4.68. The molecule has 0 aromatic heterocycles. The molecule has 1 aromatic carbocycles. The smallest absolute Gasteiger partial charge is 0.167 e. The zero-order chi connectivity index (χ0) is 13.0. The highest BCUT2D eigenvalue weighted by Gasteiger charge is 2.18. The maximum absolute atomic E-state index is 12.0. The van der Waals surface area contributed by atoms with Crippen molar-refractivity contribution in [3.8, 4) is 5.75 Å². The molecule has 0 fully saturated rings. The van der Waals surface area contributed by atoms with Gasteiger partial charge >= 0.3 is 0 Å². The Hall–Kier alpha value is -0.730. The number of rotatable bonds is 5. The Kier molecular flexibility index (Phi) is 5.29. The molecular formula is C13H16Cl2O2. The molecule has 0 bridgehead atoms. The predicted octanol–water partition coefficient (Wildman–Crippen LogP) is 4.62. The molecule has 0 radical (unpaired) electrons. The number of carbonyl (C=O) groups is 1. The van der Waals surface area contributed by atoms with Gasteiger partial charge in [0.25, 0.3) is 0 Å². The summed E-state index contributed by atoms with van der Waals surface area (Å²) in [5, 5.41) is 0.811. The number of carbonyl (C=O) groups excluding carboxylic acids is 1. The SMILES string of the molecule is CCOc1cc(Cl)c(C(=O)C(C)CC)cc1Cl. The summed E-state index contributed by atoms with van der Waals surface area (Å²) in [6.45, 7) is 6.22. The van der Waals surface area contributed by atoms with Gasteiger partial charge in [-0.15, -0.1) is 0 Å². The average Bonchev–Trinajstić information content (AvgIpc) is 2.31. The van der Waals surface area contributed by atoms with E-state index in [1.807, 2.05) is 20.8 Å². The Balaban J connectivity index is 3.11. The lowest BCUT2D eigenvalue weighted by Gasteiger charge is -2.12. The van der Waals surface area contributed by atoms with Crippen molar-refractivity contribution in [1.29, 1.82) is 0 Å². The van der Waals surface area contributed by atoms with Crippen LogP contribution >= 0.6 is 23.2 Å². The number of ether oxygens (including phenoxy) is 1. The fourth-order valence-electron chi connectivity index (χ4n) is 1.43. The van der Waals surface area contributed by atoms with E-state index in [1.165, 1.54) is 0 Å². The van der Waals surface area contributed by atoms with Gasteiger partial charge in [-0.25, -0.2) is 0 Å². The van der Waals surface area contributed by atoms with Crippen molar-refractivity contribution in [1.82, 2.24) is 0 Å². The molecule has 0 saturated carbocycles. The largest absolute Gasteiger partial charge is 0.492 e. The van der Waals surface area contributed by atoms with Gasteiger partial charge in [-0.3, -0.25) is 4.79 Å². The van der Waals surface area contributed by atoms with Crippen molar-refractivity contribution in [2.75, 3.05) is 6.61 Å². The first-order chi connectivity index (χ1) is 8.01. The van der Waals surface area contributed by atoms with Crippen LogP contribution in [-0.4, -0.2) is 12.4 Å². The third-order valence-electron chi connectivity index (χ3n) is 2.65. The Morgan fingerprint density at radius 3 is 2.47 bits per heavy atom. The molecular weight excluding hydrogens is 259 g/mol. The van der Waals surface area contributed by atoms with E-state index in [1.54, 1.807) is 12.1 Å². The lowest BCUT2D eigenvalue weighted by atomic mass is 9.97. The summed E-state index contributed by atoms with van der Waals surface area (Å²) in [6.07, 6.45) is 0.778. The first-order valence-corrected chi connectivity index (χ1v) is 6.42. The van der Waals surface area contributed by atoms with E-state index in [0.717, 1.165) is 6.42 Å². The van der Waals surface area contributed by atoms with Crippen molar-refractivity contribution in [2.24, 2.45) is 5.92 Å². The highest BCUT2D eigenvalue weighted by Crippen LogP contribution is 2.32. The monoisotopic (exact) mass is 274 g/mol. The molecule has 4 heteroatoms. The average molecular weight is 275 g/mol. The van der Waals surface area contributed by atoms with Gasteiger partial charge < -0.3 is 4.74 Å². The molecule has 0 N–H and O–H groups in total. The number of ketones is 1. The summed E-state index contributed by atoms with van der Waals surface area (Å²) in [4.78, 5) is 12.0. The topological polar surface area (TPSA) is 26.3 Å². The number of benzene rings is 1. The van der Waals surface area contributed by atoms with Gasteiger partial charge in [-0.1, -0.05) is 37.0 Å². The molecule has 17 heavy (non-hydrogen) atoms. The van der Waals surface area contributed by atoms with Crippen LogP contribution in [-0.2, 0) is 0 Å². The zero-order valence-electron chi connectivity index (χ0n) is 10.2. The van der Waals surface area contributed by atoms with E-state index in [-0.39, 0.29) is 11.7 Å². The Morgan fingerprint density at radius 1 is 1.29 bits per heavy atom. The third-order valence-corrected chi connectivity index (χ3v) is 3.25. The summed E-state index contributed by atoms with van der Waals surface area (Å²) in [6, 6.07) is 3.19. The quantitative estimate of drug-likeness (QED) is 0.733. The van der Waals surface area contributed by atoms with E-state index < -0.39 is 0 Å². The molecule has 0 amide bonds. The van der Waals surface area contributed by atoms with Crippen molar-refractivity contribution in [3.63, 3.8) is 0 Å². The van der Waals surface area contributed by atoms with Gasteiger partial charge in [0.1, 0.15) is 5.75 Å². The number of hydrogen-bond acceptors (Lipinski definition) is 2. The molecule has 0 aliphatic heterocycles. The van der Waals surface area contributed by atoms with Gasteiger partial charge in [-0.05, 0) is 19.4 Å². The van der Waals surface area contributed by atoms with Gasteiger partial charge in [0.15, 0.2) is 5.78 Å². The van der Waals surface area contributed by atoms with Crippen LogP contribution in [0.5, 0.6) is 5.75 Å². The van der Waals surface area contributed by atoms with Crippen LogP contribution in [0.25, 0.3) is 0 Å². The molecule has 2 nitrogen and oxygen atoms in total. The summed E-state index contributed by atoms with van der Waals surface area (Å²) in [7, 11) is 0. The molecule has 0 saturated heterocycles. The van der Waals surface area contributed by atoms with Crippen molar-refractivity contribution in [3.05, 3.63) is 27.7 Å². The first-order valence-electron chi connectivity index (χ1n) is 5.67. The van der Waals surface area contributed by atoms with Crippen LogP contribution in [0.3, 0.4) is 0 Å². The fourth-order valence-corrected chi connectivity index (χ4v) is 1.90. The number of Topliss-reactive ketones (excluding diaryl/α,β-unsaturated/α-hetero) is 1. The standard InChI is InChI=1S/C13H16Cl2O2/c1-4-8(3)13(16)9-6-11(15)12(17-5-2)7-10(9)14/h6-8H,4-5H2,1-3H3. The highest BCUT2D eigenvalue weighted by molar-refractivity contribution is 6.36. The van der Waals surface area contributed by atoms with Crippen LogP contribution < -0.4 is 4.74 Å². The second-order valence-electron chi connectivity index (χ2n) is 3.87. The van der Waals surface area contributed by atoms with Crippen LogP contribution in [0.1, 0.15) is 37.6 Å². The van der Waals surface area contributed by atoms with E-state index in [0.29, 0.717) is 28.0 Å². The molecule has 94 valence electrons. The normalized spacial score (nSPS) is 12.3. The van der Waals surface area contributed by atoms with Gasteiger partial charge in [0, 0.05) is 17.5 Å². The van der Waals surface area contributed by atoms with Crippen molar-refractivity contribution in [2.45, 2.75) is 27.2 Å². The molecule has 1 rings (SSSR count). The van der Waals surface area contributed by atoms with Crippen LogP contribution in [0, 0.1) is 5.92 Å². The van der Waals surface area contributed by atoms with Crippen LogP contribution in [0.2, 0.25) is 10.0 Å². The minimum Gasteiger partial charge on any atom is -0.492 e. The summed E-state index contributed by atoms with van der Waals surface area (Å²) in [5.41, 5.74) is 0.467. The number of hydrogen-bond donors (Lipinski definition) is 0. The minimum atomic E-state index is -0.0542. The molecule has 0 aliphatic carbocycles. The highest BCUT2D eigenvalue weighted by atomic mass is 35.5. The summed E-state index contributed by atoms with van der Waals surface area (Å²) >= 11 is 12.1. The minimum absolute atomic E-state index is 0.0162. The summed E-state index contributed by atoms with van der Waals surface area (Å²) < 4.78 is 5.31. The molecule has 0 spiro atoms. The molecule has 1 atom stereocenters. The lowest BCUT2D eigenvalue weighted by Crippen LogP contribution is -2.11. The third kappa shape index (κ3) is 3.36. The second kappa shape index (κ2) is 6.27. The van der Waals surface area contributed by atoms with Gasteiger partial charge in [0.05, 0.1) is 16.7 Å². The van der Waals surface area contributed by atoms with E-state index in [2.05, 4.69) is 0 Å². The summed E-state index contributed by atoms with van der Waals surface area (Å²) in [5.74, 6) is 0.476. The van der Waals surface area contributed by atoms with E-state index >= 15 is 0 Å².